The predicted octanol–water partition coefficient (Wildman–Crippen LogP) is 5.38. The van der Waals surface area contributed by atoms with Crippen LogP contribution in [0, 0.1) is 0 Å². The second-order valence-electron chi connectivity index (χ2n) is 5.16. The Morgan fingerprint density at radius 2 is 2.12 bits per heavy atom. The molecule has 4 nitrogen and oxygen atoms in total. The molecular weight excluding hydrogens is 358 g/mol. The highest BCUT2D eigenvalue weighted by atomic mass is 35.5. The number of thiophene rings is 1. The van der Waals surface area contributed by atoms with Crippen molar-refractivity contribution < 1.29 is 14.3 Å². The summed E-state index contributed by atoms with van der Waals surface area (Å²) in [4.78, 5) is 13.1. The Bertz CT molecular complexity index is 936. The average molecular weight is 374 g/mol. The minimum Gasteiger partial charge on any atom is -0.497 e. The van der Waals surface area contributed by atoms with E-state index in [1.165, 1.54) is 11.3 Å². The number of hydrogen-bond acceptors (Lipinski definition) is 4. The Morgan fingerprint density at radius 1 is 1.32 bits per heavy atom. The molecule has 1 heterocycles. The Hall–Kier alpha value is -2.50. The first-order valence-corrected chi connectivity index (χ1v) is 8.73. The molecule has 1 N–H and O–H groups in total. The van der Waals surface area contributed by atoms with Crippen LogP contribution in [0.2, 0.25) is 5.02 Å². The lowest BCUT2D eigenvalue weighted by Gasteiger charge is -2.10. The average Bonchev–Trinajstić information content (AvgIpc) is 2.97. The molecule has 1 amide bonds. The molecule has 0 bridgehead atoms. The van der Waals surface area contributed by atoms with Gasteiger partial charge in [-0.25, -0.2) is 0 Å². The maximum Gasteiger partial charge on any atom is 0.267 e. The third-order valence-electron chi connectivity index (χ3n) is 3.53. The maximum absolute atomic E-state index is 12.7. The van der Waals surface area contributed by atoms with Gasteiger partial charge in [0, 0.05) is 10.1 Å². The topological polar surface area (TPSA) is 47.6 Å². The van der Waals surface area contributed by atoms with Crippen LogP contribution in [0.25, 0.3) is 10.1 Å². The van der Waals surface area contributed by atoms with Crippen LogP contribution in [0.5, 0.6) is 11.5 Å². The van der Waals surface area contributed by atoms with Crippen LogP contribution in [-0.2, 0) is 0 Å². The number of carbonyl (C=O) groups excluding carboxylic acids is 1. The van der Waals surface area contributed by atoms with Crippen LogP contribution in [0.3, 0.4) is 0 Å². The van der Waals surface area contributed by atoms with Gasteiger partial charge in [0.05, 0.1) is 17.8 Å². The summed E-state index contributed by atoms with van der Waals surface area (Å²) >= 11 is 7.72. The molecule has 6 heteroatoms. The van der Waals surface area contributed by atoms with Crippen LogP contribution in [0.1, 0.15) is 9.67 Å². The summed E-state index contributed by atoms with van der Waals surface area (Å²) in [5.74, 6) is 1.02. The normalized spacial score (nSPS) is 10.5. The lowest BCUT2D eigenvalue weighted by Crippen LogP contribution is -2.12. The number of fused-ring (bicyclic) bond motifs is 1. The van der Waals surface area contributed by atoms with Crippen LogP contribution in [-0.4, -0.2) is 19.6 Å². The third-order valence-corrected chi connectivity index (χ3v) is 5.19. The van der Waals surface area contributed by atoms with Gasteiger partial charge in [0.2, 0.25) is 0 Å². The van der Waals surface area contributed by atoms with Crippen molar-refractivity contribution in [2.24, 2.45) is 0 Å². The SMILES string of the molecule is C=CCOc1ccccc1NC(=O)c1sc2cc(OC)ccc2c1Cl. The second-order valence-corrected chi connectivity index (χ2v) is 6.59. The minimum absolute atomic E-state index is 0.278. The van der Waals surface area contributed by atoms with E-state index in [2.05, 4.69) is 11.9 Å². The summed E-state index contributed by atoms with van der Waals surface area (Å²) in [5.41, 5.74) is 0.584. The molecule has 0 atom stereocenters. The van der Waals surface area contributed by atoms with E-state index in [-0.39, 0.29) is 5.91 Å². The number of methoxy groups -OCH3 is 1. The molecular formula is C19H16ClNO3S. The first kappa shape index (κ1) is 17.3. The van der Waals surface area contributed by atoms with Crippen molar-refractivity contribution in [1.29, 1.82) is 0 Å². The van der Waals surface area contributed by atoms with Crippen molar-refractivity contribution in [2.75, 3.05) is 19.0 Å². The number of para-hydroxylation sites is 2. The largest absolute Gasteiger partial charge is 0.497 e. The van der Waals surface area contributed by atoms with Gasteiger partial charge in [0.15, 0.2) is 0 Å². The van der Waals surface area contributed by atoms with E-state index in [1.807, 2.05) is 30.3 Å². The van der Waals surface area contributed by atoms with E-state index in [4.69, 9.17) is 21.1 Å². The van der Waals surface area contributed by atoms with E-state index in [0.717, 1.165) is 15.8 Å². The zero-order chi connectivity index (χ0) is 17.8. The second kappa shape index (κ2) is 7.59. The molecule has 0 unspecified atom stereocenters. The first-order valence-electron chi connectivity index (χ1n) is 7.54. The van der Waals surface area contributed by atoms with Crippen LogP contribution in [0.15, 0.2) is 55.1 Å². The van der Waals surface area contributed by atoms with Crippen LogP contribution >= 0.6 is 22.9 Å². The van der Waals surface area contributed by atoms with Gasteiger partial charge in [-0.05, 0) is 30.3 Å². The Labute approximate surface area is 154 Å². The molecule has 0 aliphatic rings. The molecule has 3 aromatic rings. The molecule has 2 aromatic carbocycles. The monoisotopic (exact) mass is 373 g/mol. The number of halogens is 1. The molecule has 0 fully saturated rings. The number of benzene rings is 2. The smallest absolute Gasteiger partial charge is 0.267 e. The third kappa shape index (κ3) is 3.62. The Kier molecular flexibility index (Phi) is 5.26. The van der Waals surface area contributed by atoms with Crippen molar-refractivity contribution in [3.63, 3.8) is 0 Å². The first-order chi connectivity index (χ1) is 12.1. The van der Waals surface area contributed by atoms with E-state index in [1.54, 1.807) is 25.3 Å². The molecule has 128 valence electrons. The van der Waals surface area contributed by atoms with Gasteiger partial charge in [-0.1, -0.05) is 36.4 Å². The molecule has 0 radical (unpaired) electrons. The molecule has 3 rings (SSSR count). The molecule has 1 aromatic heterocycles. The van der Waals surface area contributed by atoms with E-state index in [0.29, 0.717) is 27.9 Å². The lowest BCUT2D eigenvalue weighted by molar-refractivity contribution is 0.103. The highest BCUT2D eigenvalue weighted by Crippen LogP contribution is 2.38. The molecule has 25 heavy (non-hydrogen) atoms. The summed E-state index contributed by atoms with van der Waals surface area (Å²) in [6, 6.07) is 12.8. The zero-order valence-corrected chi connectivity index (χ0v) is 15.1. The van der Waals surface area contributed by atoms with Crippen molar-refractivity contribution in [1.82, 2.24) is 0 Å². The number of carbonyl (C=O) groups is 1. The highest BCUT2D eigenvalue weighted by molar-refractivity contribution is 7.21. The van der Waals surface area contributed by atoms with Gasteiger partial charge < -0.3 is 14.8 Å². The fraction of sp³-hybridized carbons (Fsp3) is 0.105. The Balaban J connectivity index is 1.90. The van der Waals surface area contributed by atoms with Crippen LogP contribution < -0.4 is 14.8 Å². The number of nitrogens with one attached hydrogen (secondary N) is 1. The molecule has 0 saturated carbocycles. The summed E-state index contributed by atoms with van der Waals surface area (Å²) in [7, 11) is 1.60. The van der Waals surface area contributed by atoms with Gasteiger partial charge in [0.25, 0.3) is 5.91 Å². The minimum atomic E-state index is -0.278. The summed E-state index contributed by atoms with van der Waals surface area (Å²) < 4.78 is 11.7. The summed E-state index contributed by atoms with van der Waals surface area (Å²) in [6.45, 7) is 3.98. The quantitative estimate of drug-likeness (QED) is 0.590. The van der Waals surface area contributed by atoms with E-state index >= 15 is 0 Å². The number of ether oxygens (including phenoxy) is 2. The van der Waals surface area contributed by atoms with Crippen LogP contribution in [0.4, 0.5) is 5.69 Å². The summed E-state index contributed by atoms with van der Waals surface area (Å²) in [6.07, 6.45) is 1.65. The standard InChI is InChI=1S/C19H16ClNO3S/c1-3-10-24-15-7-5-4-6-14(15)21-19(22)18-17(20)13-9-8-12(23-2)11-16(13)25-18/h3-9,11H,1,10H2,2H3,(H,21,22). The fourth-order valence-electron chi connectivity index (χ4n) is 2.34. The fourth-order valence-corrected chi connectivity index (χ4v) is 3.78. The number of amides is 1. The number of anilines is 1. The van der Waals surface area contributed by atoms with Gasteiger partial charge >= 0.3 is 0 Å². The van der Waals surface area contributed by atoms with E-state index < -0.39 is 0 Å². The molecule has 0 aliphatic heterocycles. The van der Waals surface area contributed by atoms with Crippen molar-refractivity contribution in [2.45, 2.75) is 0 Å². The predicted molar refractivity (Wildman–Crippen MR) is 103 cm³/mol. The highest BCUT2D eigenvalue weighted by Gasteiger charge is 2.18. The maximum atomic E-state index is 12.7. The Morgan fingerprint density at radius 3 is 2.88 bits per heavy atom. The molecule has 0 aliphatic carbocycles. The molecule has 0 saturated heterocycles. The number of rotatable bonds is 6. The number of hydrogen-bond donors (Lipinski definition) is 1. The summed E-state index contributed by atoms with van der Waals surface area (Å²) in [5, 5.41) is 4.13. The van der Waals surface area contributed by atoms with E-state index in [9.17, 15) is 4.79 Å². The lowest BCUT2D eigenvalue weighted by atomic mass is 10.2. The van der Waals surface area contributed by atoms with Gasteiger partial charge in [-0.3, -0.25) is 4.79 Å². The van der Waals surface area contributed by atoms with Crippen molar-refractivity contribution in [3.8, 4) is 11.5 Å². The van der Waals surface area contributed by atoms with Crippen molar-refractivity contribution in [3.05, 3.63) is 65.0 Å². The van der Waals surface area contributed by atoms with Gasteiger partial charge in [0.1, 0.15) is 23.0 Å². The van der Waals surface area contributed by atoms with Gasteiger partial charge in [-0.15, -0.1) is 11.3 Å². The molecule has 0 spiro atoms. The van der Waals surface area contributed by atoms with Gasteiger partial charge in [-0.2, -0.15) is 0 Å². The zero-order valence-electron chi connectivity index (χ0n) is 13.5. The van der Waals surface area contributed by atoms with Crippen molar-refractivity contribution >= 4 is 44.6 Å².